The Balaban J connectivity index is 1.83. The summed E-state index contributed by atoms with van der Waals surface area (Å²) < 4.78 is 18.4. The molecule has 1 atom stereocenters. The van der Waals surface area contributed by atoms with Crippen molar-refractivity contribution in [1.29, 1.82) is 0 Å². The second kappa shape index (κ2) is 7.14. The van der Waals surface area contributed by atoms with E-state index < -0.39 is 0 Å². The number of ether oxygens (including phenoxy) is 1. The predicted octanol–water partition coefficient (Wildman–Crippen LogP) is 4.26. The van der Waals surface area contributed by atoms with Crippen LogP contribution >= 0.6 is 0 Å². The van der Waals surface area contributed by atoms with Gasteiger partial charge in [0.05, 0.1) is 12.7 Å². The first kappa shape index (κ1) is 16.0. The monoisotopic (exact) mass is 320 g/mol. The van der Waals surface area contributed by atoms with Crippen LogP contribution in [0.5, 0.6) is 5.75 Å². The molecular weight excluding hydrogens is 303 g/mol. The van der Waals surface area contributed by atoms with E-state index in [-0.39, 0.29) is 17.5 Å². The summed E-state index contributed by atoms with van der Waals surface area (Å²) in [4.78, 5) is 12.0. The van der Waals surface area contributed by atoms with E-state index in [9.17, 15) is 9.18 Å². The van der Waals surface area contributed by atoms with Gasteiger partial charge in [-0.1, -0.05) is 36.1 Å². The van der Waals surface area contributed by atoms with Gasteiger partial charge in [-0.25, -0.2) is 4.39 Å². The van der Waals surface area contributed by atoms with Crippen molar-refractivity contribution in [1.82, 2.24) is 0 Å². The summed E-state index contributed by atoms with van der Waals surface area (Å²) in [7, 11) is 1.61. The lowest BCUT2D eigenvalue weighted by atomic mass is 9.83. The first-order valence-corrected chi connectivity index (χ1v) is 7.79. The van der Waals surface area contributed by atoms with Crippen LogP contribution in [0.3, 0.4) is 0 Å². The third-order valence-electron chi connectivity index (χ3n) is 4.06. The summed E-state index contributed by atoms with van der Waals surface area (Å²) in [6, 6.07) is 13.9. The van der Waals surface area contributed by atoms with Crippen LogP contribution in [0.25, 0.3) is 0 Å². The van der Waals surface area contributed by atoms with Crippen molar-refractivity contribution in [3.63, 3.8) is 0 Å². The van der Waals surface area contributed by atoms with E-state index in [0.717, 1.165) is 16.7 Å². The molecule has 0 radical (unpaired) electrons. The molecule has 2 aromatic carbocycles. The molecule has 120 valence electrons. The molecule has 3 heteroatoms. The number of halogens is 1. The predicted molar refractivity (Wildman–Crippen MR) is 91.3 cm³/mol. The van der Waals surface area contributed by atoms with Gasteiger partial charge in [0.2, 0.25) is 0 Å². The zero-order chi connectivity index (χ0) is 16.9. The van der Waals surface area contributed by atoms with E-state index in [0.29, 0.717) is 18.6 Å². The maximum absolute atomic E-state index is 13.1. The summed E-state index contributed by atoms with van der Waals surface area (Å²) >= 11 is 0. The number of carbonyl (C=O) groups is 1. The third-order valence-corrected chi connectivity index (χ3v) is 4.06. The number of ketones is 1. The zero-order valence-electron chi connectivity index (χ0n) is 13.4. The fourth-order valence-corrected chi connectivity index (χ4v) is 2.85. The van der Waals surface area contributed by atoms with Crippen LogP contribution in [0.1, 0.15) is 29.9 Å². The van der Waals surface area contributed by atoms with Crippen molar-refractivity contribution in [2.45, 2.75) is 18.8 Å². The number of benzene rings is 2. The number of hydrogen-bond donors (Lipinski definition) is 0. The van der Waals surface area contributed by atoms with E-state index in [1.165, 1.54) is 12.1 Å². The van der Waals surface area contributed by atoms with Crippen molar-refractivity contribution in [3.05, 3.63) is 77.1 Å². The Hall–Kier alpha value is -2.86. The van der Waals surface area contributed by atoms with Gasteiger partial charge in [0, 0.05) is 12.0 Å². The highest BCUT2D eigenvalue weighted by atomic mass is 19.1. The Bertz CT molecular complexity index is 838. The van der Waals surface area contributed by atoms with Gasteiger partial charge in [0.1, 0.15) is 11.6 Å². The minimum atomic E-state index is -0.271. The molecule has 0 aliphatic heterocycles. The van der Waals surface area contributed by atoms with Gasteiger partial charge in [-0.15, -0.1) is 0 Å². The zero-order valence-corrected chi connectivity index (χ0v) is 13.4. The minimum absolute atomic E-state index is 0.0464. The lowest BCUT2D eigenvalue weighted by Gasteiger charge is -2.20. The van der Waals surface area contributed by atoms with Gasteiger partial charge in [-0.05, 0) is 48.2 Å². The van der Waals surface area contributed by atoms with Gasteiger partial charge in [0.25, 0.3) is 0 Å². The maximum atomic E-state index is 13.1. The van der Waals surface area contributed by atoms with Gasteiger partial charge in [-0.2, -0.15) is 0 Å². The summed E-state index contributed by atoms with van der Waals surface area (Å²) in [6.45, 7) is 0. The van der Waals surface area contributed by atoms with Crippen molar-refractivity contribution in [2.75, 3.05) is 7.11 Å². The molecule has 1 aliphatic carbocycles. The Labute approximate surface area is 141 Å². The minimum Gasteiger partial charge on any atom is -0.495 e. The maximum Gasteiger partial charge on any atom is 0.157 e. The summed E-state index contributed by atoms with van der Waals surface area (Å²) in [5.74, 6) is 6.71. The third kappa shape index (κ3) is 3.72. The Morgan fingerprint density at radius 2 is 1.79 bits per heavy atom. The normalized spacial score (nSPS) is 16.8. The summed E-state index contributed by atoms with van der Waals surface area (Å²) in [5, 5.41) is 0. The second-order valence-electron chi connectivity index (χ2n) is 5.74. The van der Waals surface area contributed by atoms with Crippen LogP contribution in [0.15, 0.2) is 60.2 Å². The van der Waals surface area contributed by atoms with E-state index in [1.54, 1.807) is 25.3 Å². The lowest BCUT2D eigenvalue weighted by molar-refractivity contribution is -0.115. The molecule has 2 nitrogen and oxygen atoms in total. The molecular formula is C21H17FO2. The summed E-state index contributed by atoms with van der Waals surface area (Å²) in [5.41, 5.74) is 2.55. The number of hydrogen-bond acceptors (Lipinski definition) is 2. The number of rotatable bonds is 2. The molecule has 2 aromatic rings. The molecule has 0 saturated heterocycles. The number of allylic oxidation sites excluding steroid dienone is 2. The smallest absolute Gasteiger partial charge is 0.157 e. The highest BCUT2D eigenvalue weighted by molar-refractivity contribution is 5.93. The van der Waals surface area contributed by atoms with Gasteiger partial charge >= 0.3 is 0 Å². The van der Waals surface area contributed by atoms with Gasteiger partial charge in [0.15, 0.2) is 5.78 Å². The van der Waals surface area contributed by atoms with Crippen molar-refractivity contribution in [3.8, 4) is 17.6 Å². The van der Waals surface area contributed by atoms with Gasteiger partial charge in [-0.3, -0.25) is 4.79 Å². The molecule has 0 saturated carbocycles. The average Bonchev–Trinajstić information content (AvgIpc) is 2.60. The van der Waals surface area contributed by atoms with Crippen molar-refractivity contribution < 1.29 is 13.9 Å². The average molecular weight is 320 g/mol. The molecule has 0 bridgehead atoms. The van der Waals surface area contributed by atoms with Crippen LogP contribution in [0.2, 0.25) is 0 Å². The molecule has 0 heterocycles. The standard InChI is InChI=1S/C21H17FO2/c1-24-21-5-3-2-4-17(21)7-6-15-12-18(14-20(23)13-15)16-8-10-19(22)11-9-16/h2-5,8-11,13,18H,12,14H2,1H3/t18-/m1/s1. The Kier molecular flexibility index (Phi) is 4.77. The van der Waals surface area contributed by atoms with Crippen LogP contribution in [0.4, 0.5) is 4.39 Å². The molecule has 0 N–H and O–H groups in total. The molecule has 0 aromatic heterocycles. The van der Waals surface area contributed by atoms with Gasteiger partial charge < -0.3 is 4.74 Å². The largest absolute Gasteiger partial charge is 0.495 e. The van der Waals surface area contributed by atoms with Crippen LogP contribution in [0, 0.1) is 17.7 Å². The van der Waals surface area contributed by atoms with Crippen LogP contribution in [-0.4, -0.2) is 12.9 Å². The highest BCUT2D eigenvalue weighted by Crippen LogP contribution is 2.31. The van der Waals surface area contributed by atoms with Crippen LogP contribution < -0.4 is 4.74 Å². The van der Waals surface area contributed by atoms with E-state index in [4.69, 9.17) is 4.74 Å². The molecule has 0 spiro atoms. The molecule has 1 aliphatic rings. The number of carbonyl (C=O) groups excluding carboxylic acids is 1. The van der Waals surface area contributed by atoms with Crippen molar-refractivity contribution >= 4 is 5.78 Å². The second-order valence-corrected chi connectivity index (χ2v) is 5.74. The number of para-hydroxylation sites is 1. The lowest BCUT2D eigenvalue weighted by Crippen LogP contribution is -2.12. The molecule has 0 amide bonds. The number of methoxy groups -OCH3 is 1. The SMILES string of the molecule is COc1ccccc1C#CC1=CC(=O)C[C@H](c2ccc(F)cc2)C1. The molecule has 24 heavy (non-hydrogen) atoms. The first-order valence-electron chi connectivity index (χ1n) is 7.79. The Morgan fingerprint density at radius 3 is 2.54 bits per heavy atom. The Morgan fingerprint density at radius 1 is 1.04 bits per heavy atom. The first-order chi connectivity index (χ1) is 11.7. The molecule has 0 fully saturated rings. The highest BCUT2D eigenvalue weighted by Gasteiger charge is 2.21. The van der Waals surface area contributed by atoms with E-state index >= 15 is 0 Å². The quantitative estimate of drug-likeness (QED) is 0.773. The van der Waals surface area contributed by atoms with E-state index in [1.807, 2.05) is 24.3 Å². The van der Waals surface area contributed by atoms with Crippen LogP contribution in [-0.2, 0) is 4.79 Å². The van der Waals surface area contributed by atoms with E-state index in [2.05, 4.69) is 11.8 Å². The molecule has 0 unspecified atom stereocenters. The fourth-order valence-electron chi connectivity index (χ4n) is 2.85. The van der Waals surface area contributed by atoms with Crippen molar-refractivity contribution in [2.24, 2.45) is 0 Å². The summed E-state index contributed by atoms with van der Waals surface area (Å²) in [6.07, 6.45) is 2.73. The fraction of sp³-hybridized carbons (Fsp3) is 0.190. The topological polar surface area (TPSA) is 26.3 Å². The molecule has 3 rings (SSSR count).